The number of amides is 2. The van der Waals surface area contributed by atoms with Gasteiger partial charge in [-0.15, -0.1) is 0 Å². The number of benzene rings is 2. The zero-order valence-corrected chi connectivity index (χ0v) is 15.7. The van der Waals surface area contributed by atoms with E-state index in [-0.39, 0.29) is 23.6 Å². The van der Waals surface area contributed by atoms with Gasteiger partial charge in [0.1, 0.15) is 23.7 Å². The standard InChI is InChI=1S/C21H19FN4O3/c1-2-23-20(28)17-12-24-19(14-7-4-3-5-8-14)26(21(17)29)13-18(27)25-16-10-6-9-15(22)11-16/h3-12H,2,13H2,1H3,(H,23,28)(H,25,27). The monoisotopic (exact) mass is 394 g/mol. The van der Waals surface area contributed by atoms with E-state index in [1.807, 2.05) is 6.07 Å². The number of carbonyl (C=O) groups excluding carboxylic acids is 2. The van der Waals surface area contributed by atoms with Gasteiger partial charge in [0.05, 0.1) is 0 Å². The zero-order valence-electron chi connectivity index (χ0n) is 15.7. The van der Waals surface area contributed by atoms with Crippen molar-refractivity contribution in [1.82, 2.24) is 14.9 Å². The lowest BCUT2D eigenvalue weighted by molar-refractivity contribution is -0.116. The van der Waals surface area contributed by atoms with E-state index in [9.17, 15) is 18.8 Å². The summed E-state index contributed by atoms with van der Waals surface area (Å²) in [5, 5.41) is 5.10. The van der Waals surface area contributed by atoms with Gasteiger partial charge in [0.15, 0.2) is 0 Å². The summed E-state index contributed by atoms with van der Waals surface area (Å²) in [7, 11) is 0. The van der Waals surface area contributed by atoms with Crippen molar-refractivity contribution in [1.29, 1.82) is 0 Å². The van der Waals surface area contributed by atoms with Gasteiger partial charge in [-0.05, 0) is 25.1 Å². The second kappa shape index (κ2) is 8.92. The van der Waals surface area contributed by atoms with Crippen LogP contribution in [-0.4, -0.2) is 27.9 Å². The van der Waals surface area contributed by atoms with Crippen LogP contribution in [0.1, 0.15) is 17.3 Å². The number of halogens is 1. The third-order valence-corrected chi connectivity index (χ3v) is 4.07. The van der Waals surface area contributed by atoms with E-state index in [0.29, 0.717) is 12.1 Å². The number of aromatic nitrogens is 2. The third kappa shape index (κ3) is 4.73. The minimum atomic E-state index is -0.640. The van der Waals surface area contributed by atoms with Crippen LogP contribution in [0.4, 0.5) is 10.1 Å². The number of carbonyl (C=O) groups is 2. The van der Waals surface area contributed by atoms with Crippen LogP contribution in [0.3, 0.4) is 0 Å². The summed E-state index contributed by atoms with van der Waals surface area (Å²) in [6.07, 6.45) is 1.20. The van der Waals surface area contributed by atoms with Crippen molar-refractivity contribution in [2.45, 2.75) is 13.5 Å². The summed E-state index contributed by atoms with van der Waals surface area (Å²) in [5.41, 5.74) is 0.0760. The number of hydrogen-bond donors (Lipinski definition) is 2. The van der Waals surface area contributed by atoms with Crippen LogP contribution in [0.15, 0.2) is 65.6 Å². The quantitative estimate of drug-likeness (QED) is 0.672. The Morgan fingerprint density at radius 3 is 2.55 bits per heavy atom. The third-order valence-electron chi connectivity index (χ3n) is 4.07. The maximum absolute atomic E-state index is 13.3. The molecular weight excluding hydrogens is 375 g/mol. The van der Waals surface area contributed by atoms with E-state index >= 15 is 0 Å². The molecule has 2 aromatic carbocycles. The molecule has 2 amide bonds. The van der Waals surface area contributed by atoms with Gasteiger partial charge in [-0.25, -0.2) is 9.37 Å². The molecule has 0 aliphatic heterocycles. The van der Waals surface area contributed by atoms with E-state index in [1.54, 1.807) is 31.2 Å². The van der Waals surface area contributed by atoms with Crippen LogP contribution in [0, 0.1) is 5.82 Å². The van der Waals surface area contributed by atoms with E-state index < -0.39 is 23.2 Å². The first-order chi connectivity index (χ1) is 14.0. The summed E-state index contributed by atoms with van der Waals surface area (Å²) in [6, 6.07) is 14.3. The smallest absolute Gasteiger partial charge is 0.267 e. The molecule has 0 atom stereocenters. The number of hydrogen-bond acceptors (Lipinski definition) is 4. The average Bonchev–Trinajstić information content (AvgIpc) is 2.70. The highest BCUT2D eigenvalue weighted by molar-refractivity contribution is 5.94. The van der Waals surface area contributed by atoms with Gasteiger partial charge >= 0.3 is 0 Å². The molecule has 0 aliphatic rings. The molecule has 8 heteroatoms. The van der Waals surface area contributed by atoms with Crippen molar-refractivity contribution in [3.8, 4) is 11.4 Å². The number of nitrogens with zero attached hydrogens (tertiary/aromatic N) is 2. The van der Waals surface area contributed by atoms with Crippen molar-refractivity contribution in [3.05, 3.63) is 82.5 Å². The predicted octanol–water partition coefficient (Wildman–Crippen LogP) is 2.44. The van der Waals surface area contributed by atoms with Crippen LogP contribution in [0.5, 0.6) is 0 Å². The largest absolute Gasteiger partial charge is 0.352 e. The van der Waals surface area contributed by atoms with E-state index in [1.165, 1.54) is 30.5 Å². The maximum Gasteiger partial charge on any atom is 0.267 e. The lowest BCUT2D eigenvalue weighted by atomic mass is 10.2. The lowest BCUT2D eigenvalue weighted by Crippen LogP contribution is -2.36. The molecule has 0 bridgehead atoms. The van der Waals surface area contributed by atoms with Gasteiger partial charge in [-0.2, -0.15) is 0 Å². The summed E-state index contributed by atoms with van der Waals surface area (Å²) in [4.78, 5) is 41.9. The Kier molecular flexibility index (Phi) is 6.13. The molecule has 1 aromatic heterocycles. The minimum absolute atomic E-state index is 0.162. The molecule has 148 valence electrons. The number of rotatable bonds is 6. The number of nitrogens with one attached hydrogen (secondary N) is 2. The van der Waals surface area contributed by atoms with Gasteiger partial charge in [0, 0.05) is 24.0 Å². The molecule has 0 saturated carbocycles. The molecule has 0 aliphatic carbocycles. The van der Waals surface area contributed by atoms with E-state index in [0.717, 1.165) is 4.57 Å². The van der Waals surface area contributed by atoms with Gasteiger partial charge in [-0.3, -0.25) is 19.0 Å². The molecule has 2 N–H and O–H groups in total. The topological polar surface area (TPSA) is 93.1 Å². The Bertz CT molecular complexity index is 1100. The summed E-state index contributed by atoms with van der Waals surface area (Å²) < 4.78 is 14.5. The SMILES string of the molecule is CCNC(=O)c1cnc(-c2ccccc2)n(CC(=O)Nc2cccc(F)c2)c1=O. The van der Waals surface area contributed by atoms with Crippen LogP contribution in [0.2, 0.25) is 0 Å². The van der Waals surface area contributed by atoms with Crippen molar-refractivity contribution in [2.24, 2.45) is 0 Å². The first-order valence-electron chi connectivity index (χ1n) is 8.98. The Hall–Kier alpha value is -3.81. The molecule has 0 radical (unpaired) electrons. The van der Waals surface area contributed by atoms with Gasteiger partial charge < -0.3 is 10.6 Å². The second-order valence-electron chi connectivity index (χ2n) is 6.17. The number of anilines is 1. The van der Waals surface area contributed by atoms with Crippen LogP contribution < -0.4 is 16.2 Å². The Morgan fingerprint density at radius 1 is 1.10 bits per heavy atom. The van der Waals surface area contributed by atoms with Crippen LogP contribution in [0.25, 0.3) is 11.4 Å². The highest BCUT2D eigenvalue weighted by Crippen LogP contribution is 2.16. The van der Waals surface area contributed by atoms with Crippen molar-refractivity contribution >= 4 is 17.5 Å². The molecule has 1 heterocycles. The molecule has 3 aromatic rings. The molecule has 0 fully saturated rings. The molecule has 3 rings (SSSR count). The summed E-state index contributed by atoms with van der Waals surface area (Å²) in [5.74, 6) is -1.36. The normalized spacial score (nSPS) is 10.4. The van der Waals surface area contributed by atoms with Crippen molar-refractivity contribution in [2.75, 3.05) is 11.9 Å². The highest BCUT2D eigenvalue weighted by atomic mass is 19.1. The molecule has 0 unspecified atom stereocenters. The van der Waals surface area contributed by atoms with Crippen LogP contribution in [-0.2, 0) is 11.3 Å². The highest BCUT2D eigenvalue weighted by Gasteiger charge is 2.18. The Morgan fingerprint density at radius 2 is 1.86 bits per heavy atom. The van der Waals surface area contributed by atoms with Crippen molar-refractivity contribution in [3.63, 3.8) is 0 Å². The van der Waals surface area contributed by atoms with Gasteiger partial charge in [-0.1, -0.05) is 36.4 Å². The fourth-order valence-corrected chi connectivity index (χ4v) is 2.78. The molecule has 29 heavy (non-hydrogen) atoms. The van der Waals surface area contributed by atoms with E-state index in [4.69, 9.17) is 0 Å². The predicted molar refractivity (Wildman–Crippen MR) is 107 cm³/mol. The second-order valence-corrected chi connectivity index (χ2v) is 6.17. The molecular formula is C21H19FN4O3. The summed E-state index contributed by atoms with van der Waals surface area (Å²) >= 11 is 0. The Labute approximate surface area is 166 Å². The maximum atomic E-state index is 13.3. The first-order valence-corrected chi connectivity index (χ1v) is 8.98. The lowest BCUT2D eigenvalue weighted by Gasteiger charge is -2.14. The fourth-order valence-electron chi connectivity index (χ4n) is 2.78. The average molecular weight is 394 g/mol. The van der Waals surface area contributed by atoms with Gasteiger partial charge in [0.2, 0.25) is 5.91 Å². The molecule has 7 nitrogen and oxygen atoms in total. The van der Waals surface area contributed by atoms with Crippen LogP contribution >= 0.6 is 0 Å². The van der Waals surface area contributed by atoms with E-state index in [2.05, 4.69) is 15.6 Å². The zero-order chi connectivity index (χ0) is 20.8. The molecule has 0 saturated heterocycles. The minimum Gasteiger partial charge on any atom is -0.352 e. The van der Waals surface area contributed by atoms with Gasteiger partial charge in [0.25, 0.3) is 11.5 Å². The Balaban J connectivity index is 1.99. The summed E-state index contributed by atoms with van der Waals surface area (Å²) in [6.45, 7) is 1.69. The molecule has 0 spiro atoms. The van der Waals surface area contributed by atoms with Crippen molar-refractivity contribution < 1.29 is 14.0 Å². The fraction of sp³-hybridized carbons (Fsp3) is 0.143. The first kappa shape index (κ1) is 19.9.